The van der Waals surface area contributed by atoms with E-state index in [9.17, 15) is 0 Å². The van der Waals surface area contributed by atoms with Crippen LogP contribution in [0.3, 0.4) is 0 Å². The van der Waals surface area contributed by atoms with Crippen molar-refractivity contribution in [3.63, 3.8) is 0 Å². The van der Waals surface area contributed by atoms with Crippen molar-refractivity contribution in [2.45, 2.75) is 33.8 Å². The molecule has 18 heavy (non-hydrogen) atoms. The molecule has 0 saturated carbocycles. The summed E-state index contributed by atoms with van der Waals surface area (Å²) in [4.78, 5) is 0. The Morgan fingerprint density at radius 3 is 2.50 bits per heavy atom. The molecule has 1 aromatic carbocycles. The van der Waals surface area contributed by atoms with E-state index in [0.717, 1.165) is 11.3 Å². The Bertz CT molecular complexity index is 324. The molecule has 1 radical (unpaired) electrons. The number of halogens is 1. The van der Waals surface area contributed by atoms with Gasteiger partial charge in [-0.05, 0) is 31.5 Å². The van der Waals surface area contributed by atoms with E-state index in [0.29, 0.717) is 6.54 Å². The summed E-state index contributed by atoms with van der Waals surface area (Å²) in [6.07, 6.45) is 4.11. The Balaban J connectivity index is -0.000000214. The predicted octanol–water partition coefficient (Wildman–Crippen LogP) is 4.33. The molecule has 1 rings (SSSR count). The molecule has 4 heteroatoms. The van der Waals surface area contributed by atoms with Crippen molar-refractivity contribution < 1.29 is 24.7 Å². The van der Waals surface area contributed by atoms with Gasteiger partial charge in [0.2, 0.25) is 0 Å². The minimum absolute atomic E-state index is 0. The van der Waals surface area contributed by atoms with Crippen LogP contribution in [0.15, 0.2) is 30.3 Å². The second kappa shape index (κ2) is 15.1. The van der Waals surface area contributed by atoms with Crippen LogP contribution in [0, 0.1) is 0 Å². The molecule has 0 heterocycles. The van der Waals surface area contributed by atoms with Gasteiger partial charge in [0, 0.05) is 26.5 Å². The smallest absolute Gasteiger partial charge is 0.120 e. The molecule has 1 atom stereocenters. The fourth-order valence-corrected chi connectivity index (χ4v) is 1.16. The second-order valence-electron chi connectivity index (χ2n) is 3.24. The molecular weight excluding hydrogens is 376 g/mol. The molecular formula is C14H26INOV. The number of benzene rings is 1. The SMILES string of the molecule is C/C=C/c1cccc(O[C@@H](C)CN)c1.CC.I.[HH].[V]. The number of allylic oxidation sites excluding steroid dienone is 1. The Hall–Kier alpha value is 0.0344. The third kappa shape index (κ3) is 10.0. The summed E-state index contributed by atoms with van der Waals surface area (Å²) >= 11 is 0. The topological polar surface area (TPSA) is 35.2 Å². The summed E-state index contributed by atoms with van der Waals surface area (Å²) in [5.74, 6) is 0.874. The van der Waals surface area contributed by atoms with E-state index in [1.165, 1.54) is 0 Å². The zero-order valence-corrected chi connectivity index (χ0v) is 15.3. The summed E-state index contributed by atoms with van der Waals surface area (Å²) < 4.78 is 5.59. The first-order valence-electron chi connectivity index (χ1n) is 5.85. The van der Waals surface area contributed by atoms with Gasteiger partial charge >= 0.3 is 0 Å². The molecule has 0 unspecified atom stereocenters. The number of hydrogen-bond donors (Lipinski definition) is 1. The summed E-state index contributed by atoms with van der Waals surface area (Å²) in [5, 5.41) is 0. The van der Waals surface area contributed by atoms with Gasteiger partial charge in [-0.1, -0.05) is 38.1 Å². The van der Waals surface area contributed by atoms with Crippen LogP contribution in [-0.2, 0) is 18.6 Å². The van der Waals surface area contributed by atoms with Gasteiger partial charge in [-0.3, -0.25) is 0 Å². The van der Waals surface area contributed by atoms with Gasteiger partial charge in [0.25, 0.3) is 0 Å². The predicted molar refractivity (Wildman–Crippen MR) is 89.2 cm³/mol. The summed E-state index contributed by atoms with van der Waals surface area (Å²) in [6, 6.07) is 7.97. The normalized spacial score (nSPS) is 10.5. The molecule has 0 amide bonds. The minimum atomic E-state index is 0. The average molecular weight is 402 g/mol. The van der Waals surface area contributed by atoms with Crippen molar-refractivity contribution in [2.24, 2.45) is 5.73 Å². The molecule has 0 spiro atoms. The molecule has 0 saturated heterocycles. The van der Waals surface area contributed by atoms with Crippen LogP contribution >= 0.6 is 24.0 Å². The van der Waals surface area contributed by atoms with Crippen LogP contribution in [-0.4, -0.2) is 12.6 Å². The van der Waals surface area contributed by atoms with Crippen LogP contribution in [0.1, 0.15) is 34.7 Å². The maximum atomic E-state index is 5.59. The number of rotatable bonds is 4. The first kappa shape index (κ1) is 23.2. The second-order valence-corrected chi connectivity index (χ2v) is 3.24. The zero-order valence-electron chi connectivity index (χ0n) is 11.6. The van der Waals surface area contributed by atoms with E-state index in [4.69, 9.17) is 10.5 Å². The third-order valence-corrected chi connectivity index (χ3v) is 1.89. The maximum Gasteiger partial charge on any atom is 0.120 e. The van der Waals surface area contributed by atoms with Gasteiger partial charge < -0.3 is 10.5 Å². The van der Waals surface area contributed by atoms with Gasteiger partial charge in [-0.25, -0.2) is 0 Å². The fraction of sp³-hybridized carbons (Fsp3) is 0.429. The van der Waals surface area contributed by atoms with Gasteiger partial charge in [0.1, 0.15) is 11.9 Å². The van der Waals surface area contributed by atoms with Crippen molar-refractivity contribution in [3.8, 4) is 5.75 Å². The number of ether oxygens (including phenoxy) is 1. The molecule has 0 aliphatic rings. The molecule has 2 nitrogen and oxygen atoms in total. The molecule has 1 aromatic rings. The van der Waals surface area contributed by atoms with E-state index in [1.54, 1.807) is 0 Å². The van der Waals surface area contributed by atoms with Crippen LogP contribution in [0.25, 0.3) is 6.08 Å². The Morgan fingerprint density at radius 1 is 1.39 bits per heavy atom. The maximum absolute atomic E-state index is 5.59. The summed E-state index contributed by atoms with van der Waals surface area (Å²) in [7, 11) is 0. The summed E-state index contributed by atoms with van der Waals surface area (Å²) in [5.41, 5.74) is 6.63. The Labute approximate surface area is 142 Å². The zero-order chi connectivity index (χ0) is 12.4. The van der Waals surface area contributed by atoms with Crippen molar-refractivity contribution in [2.75, 3.05) is 6.54 Å². The van der Waals surface area contributed by atoms with Gasteiger partial charge in [0.15, 0.2) is 0 Å². The van der Waals surface area contributed by atoms with E-state index >= 15 is 0 Å². The molecule has 2 N–H and O–H groups in total. The van der Waals surface area contributed by atoms with E-state index in [-0.39, 0.29) is 50.1 Å². The van der Waals surface area contributed by atoms with Gasteiger partial charge in [-0.2, -0.15) is 0 Å². The van der Waals surface area contributed by atoms with Gasteiger partial charge in [-0.15, -0.1) is 24.0 Å². The van der Waals surface area contributed by atoms with Crippen molar-refractivity contribution in [1.29, 1.82) is 0 Å². The third-order valence-electron chi connectivity index (χ3n) is 1.89. The fourth-order valence-electron chi connectivity index (χ4n) is 1.16. The average Bonchev–Trinajstić information content (AvgIpc) is 2.32. The standard InChI is InChI=1S/C12H17NO.C2H6.HI.V.H2/c1-3-5-11-6-4-7-12(8-11)14-10(2)9-13;1-2;;;/h3-8,10H,9,13H2,1-2H3;1-2H3;1H;;1H/b5-3+;;;;/t10-;;;;/m0..../s1. The Morgan fingerprint density at radius 2 is 2.00 bits per heavy atom. The molecule has 0 aromatic heterocycles. The molecule has 105 valence electrons. The number of nitrogens with two attached hydrogens (primary N) is 1. The Kier molecular flexibility index (Phi) is 19.4. The van der Waals surface area contributed by atoms with Crippen LogP contribution < -0.4 is 10.5 Å². The quantitative estimate of drug-likeness (QED) is 0.761. The molecule has 0 fully saturated rings. The van der Waals surface area contributed by atoms with Crippen LogP contribution in [0.4, 0.5) is 0 Å². The van der Waals surface area contributed by atoms with E-state index in [2.05, 4.69) is 0 Å². The minimum Gasteiger partial charge on any atom is -0.489 e. The van der Waals surface area contributed by atoms with Crippen molar-refractivity contribution in [1.82, 2.24) is 0 Å². The molecule has 0 bridgehead atoms. The van der Waals surface area contributed by atoms with Crippen molar-refractivity contribution in [3.05, 3.63) is 35.9 Å². The van der Waals surface area contributed by atoms with Gasteiger partial charge in [0.05, 0.1) is 0 Å². The van der Waals surface area contributed by atoms with Crippen molar-refractivity contribution >= 4 is 30.1 Å². The largest absolute Gasteiger partial charge is 0.489 e. The monoisotopic (exact) mass is 402 g/mol. The van der Waals surface area contributed by atoms with Crippen LogP contribution in [0.5, 0.6) is 5.75 Å². The van der Waals surface area contributed by atoms with E-state index < -0.39 is 0 Å². The van der Waals surface area contributed by atoms with E-state index in [1.807, 2.05) is 64.1 Å². The summed E-state index contributed by atoms with van der Waals surface area (Å²) in [6.45, 7) is 8.49. The first-order valence-corrected chi connectivity index (χ1v) is 5.85. The molecule has 0 aliphatic carbocycles. The molecule has 0 aliphatic heterocycles. The van der Waals surface area contributed by atoms with Crippen LogP contribution in [0.2, 0.25) is 0 Å². The first-order chi connectivity index (χ1) is 7.76. The number of hydrogen-bond acceptors (Lipinski definition) is 2.